The smallest absolute Gasteiger partial charge is 0.316 e. The number of benzene rings is 2. The number of esters is 1. The predicted octanol–water partition coefficient (Wildman–Crippen LogP) is 0.906. The van der Waals surface area contributed by atoms with Gasteiger partial charge in [-0.2, -0.15) is 0 Å². The third kappa shape index (κ3) is 3.98. The fourth-order valence-electron chi connectivity index (χ4n) is 5.80. The molecule has 1 fully saturated rings. The van der Waals surface area contributed by atoms with Crippen molar-refractivity contribution in [3.8, 4) is 17.2 Å². The summed E-state index contributed by atoms with van der Waals surface area (Å²) >= 11 is 0. The van der Waals surface area contributed by atoms with Gasteiger partial charge in [0.05, 0.1) is 48.2 Å². The van der Waals surface area contributed by atoms with E-state index in [0.29, 0.717) is 0 Å². The summed E-state index contributed by atoms with van der Waals surface area (Å²) < 4.78 is 16.4. The Morgan fingerprint density at radius 3 is 2.33 bits per heavy atom. The molecule has 1 saturated heterocycles. The summed E-state index contributed by atoms with van der Waals surface area (Å²) in [6, 6.07) is 3.82. The van der Waals surface area contributed by atoms with Crippen LogP contribution in [0.2, 0.25) is 0 Å². The van der Waals surface area contributed by atoms with E-state index in [1.165, 1.54) is 18.2 Å². The highest BCUT2D eigenvalue weighted by Crippen LogP contribution is 2.57. The zero-order valence-electron chi connectivity index (χ0n) is 21.1. The maximum absolute atomic E-state index is 13.5. The normalized spacial score (nSPS) is 29.8. The minimum atomic E-state index is -1.90. The molecule has 6 atom stereocenters. The Labute approximate surface area is 222 Å². The van der Waals surface area contributed by atoms with Crippen molar-refractivity contribution in [2.24, 2.45) is 0 Å². The maximum Gasteiger partial charge on any atom is 0.316 e. The monoisotopic (exact) mass is 544 g/mol. The first-order valence-corrected chi connectivity index (χ1v) is 12.4. The van der Waals surface area contributed by atoms with Crippen LogP contribution in [0.3, 0.4) is 0 Å². The lowest BCUT2D eigenvalue weighted by Crippen LogP contribution is -2.48. The second kappa shape index (κ2) is 9.57. The minimum Gasteiger partial charge on any atom is -0.507 e. The molecule has 1 heterocycles. The number of ether oxygens (including phenoxy) is 3. The van der Waals surface area contributed by atoms with Gasteiger partial charge in [0.15, 0.2) is 12.1 Å². The van der Waals surface area contributed by atoms with Crippen LogP contribution in [0.25, 0.3) is 0 Å². The number of aliphatic hydroxyl groups is 3. The van der Waals surface area contributed by atoms with Crippen LogP contribution >= 0.6 is 0 Å². The van der Waals surface area contributed by atoms with Gasteiger partial charge in [0.2, 0.25) is 5.78 Å². The van der Waals surface area contributed by atoms with Crippen molar-refractivity contribution in [1.29, 1.82) is 0 Å². The van der Waals surface area contributed by atoms with Crippen molar-refractivity contribution in [3.63, 3.8) is 0 Å². The van der Waals surface area contributed by atoms with Gasteiger partial charge in [0.1, 0.15) is 29.3 Å². The van der Waals surface area contributed by atoms with Gasteiger partial charge in [0.25, 0.3) is 0 Å². The van der Waals surface area contributed by atoms with Gasteiger partial charge < -0.3 is 44.8 Å². The molecule has 5 rings (SSSR count). The number of carbonyl (C=O) groups is 3. The lowest BCUT2D eigenvalue weighted by molar-refractivity contribution is -0.243. The van der Waals surface area contributed by atoms with Crippen molar-refractivity contribution in [3.05, 3.63) is 51.6 Å². The van der Waals surface area contributed by atoms with E-state index in [-0.39, 0.29) is 48.1 Å². The minimum absolute atomic E-state index is 0.0419. The second-order valence-electron chi connectivity index (χ2n) is 10.0. The van der Waals surface area contributed by atoms with E-state index < -0.39 is 82.0 Å². The Balaban J connectivity index is 1.76. The molecule has 12 heteroatoms. The summed E-state index contributed by atoms with van der Waals surface area (Å²) in [5, 5.41) is 64.9. The summed E-state index contributed by atoms with van der Waals surface area (Å²) in [7, 11) is 1.08. The number of hydrogen-bond acceptors (Lipinski definition) is 12. The van der Waals surface area contributed by atoms with Crippen LogP contribution in [0.5, 0.6) is 17.2 Å². The molecule has 208 valence electrons. The molecule has 6 N–H and O–H groups in total. The van der Waals surface area contributed by atoms with Gasteiger partial charge >= 0.3 is 5.97 Å². The molecule has 0 aromatic heterocycles. The largest absolute Gasteiger partial charge is 0.507 e. The molecule has 2 aromatic carbocycles. The van der Waals surface area contributed by atoms with E-state index in [9.17, 15) is 45.0 Å². The summed E-state index contributed by atoms with van der Waals surface area (Å²) in [6.07, 6.45) is -5.32. The van der Waals surface area contributed by atoms with Crippen LogP contribution in [-0.2, 0) is 19.0 Å². The molecule has 6 unspecified atom stereocenters. The van der Waals surface area contributed by atoms with Crippen LogP contribution in [-0.4, -0.2) is 86.0 Å². The van der Waals surface area contributed by atoms with Crippen molar-refractivity contribution in [2.45, 2.75) is 62.3 Å². The van der Waals surface area contributed by atoms with Crippen LogP contribution in [0, 0.1) is 0 Å². The third-order valence-corrected chi connectivity index (χ3v) is 7.88. The predicted molar refractivity (Wildman–Crippen MR) is 130 cm³/mol. The number of phenols is 3. The van der Waals surface area contributed by atoms with Crippen molar-refractivity contribution in [1.82, 2.24) is 0 Å². The number of methoxy groups -OCH3 is 1. The zero-order valence-corrected chi connectivity index (χ0v) is 21.1. The Morgan fingerprint density at radius 1 is 1.03 bits per heavy atom. The third-order valence-electron chi connectivity index (χ3n) is 7.88. The number of aliphatic hydroxyl groups excluding tert-OH is 2. The van der Waals surface area contributed by atoms with Gasteiger partial charge in [0, 0.05) is 29.5 Å². The fourth-order valence-corrected chi connectivity index (χ4v) is 5.80. The van der Waals surface area contributed by atoms with Crippen molar-refractivity contribution >= 4 is 17.5 Å². The number of rotatable bonds is 4. The van der Waals surface area contributed by atoms with Gasteiger partial charge in [-0.25, -0.2) is 0 Å². The molecule has 2 aromatic rings. The number of fused-ring (bicyclic) bond motifs is 3. The molecule has 0 bridgehead atoms. The molecular weight excluding hydrogens is 516 g/mol. The Kier molecular flexibility index (Phi) is 6.64. The summed E-state index contributed by atoms with van der Waals surface area (Å²) in [6.45, 7) is 1.32. The first-order valence-electron chi connectivity index (χ1n) is 12.4. The Bertz CT molecular complexity index is 1380. The van der Waals surface area contributed by atoms with E-state index in [1.807, 2.05) is 0 Å². The second-order valence-corrected chi connectivity index (χ2v) is 10.0. The molecule has 0 radical (unpaired) electrons. The van der Waals surface area contributed by atoms with E-state index in [0.717, 1.165) is 7.11 Å². The summed E-state index contributed by atoms with van der Waals surface area (Å²) in [4.78, 5) is 40.0. The van der Waals surface area contributed by atoms with Crippen molar-refractivity contribution in [2.75, 3.05) is 13.7 Å². The van der Waals surface area contributed by atoms with Gasteiger partial charge in [-0.05, 0) is 12.5 Å². The van der Waals surface area contributed by atoms with E-state index in [4.69, 9.17) is 14.2 Å². The fraction of sp³-hybridized carbons (Fsp3) is 0.444. The average Bonchev–Trinajstić information content (AvgIpc) is 2.90. The van der Waals surface area contributed by atoms with E-state index in [1.54, 1.807) is 6.92 Å². The quantitative estimate of drug-likeness (QED) is 0.201. The van der Waals surface area contributed by atoms with Crippen LogP contribution < -0.4 is 0 Å². The Morgan fingerprint density at radius 2 is 1.69 bits per heavy atom. The average molecular weight is 545 g/mol. The number of hydrogen-bond donors (Lipinski definition) is 6. The first kappa shape index (κ1) is 27.0. The lowest BCUT2D eigenvalue weighted by atomic mass is 9.66. The highest BCUT2D eigenvalue weighted by atomic mass is 16.7. The molecule has 1 aliphatic heterocycles. The maximum atomic E-state index is 13.5. The number of aromatic hydroxyl groups is 3. The van der Waals surface area contributed by atoms with Gasteiger partial charge in [-0.15, -0.1) is 0 Å². The zero-order chi connectivity index (χ0) is 28.4. The molecule has 12 nitrogen and oxygen atoms in total. The van der Waals surface area contributed by atoms with Crippen LogP contribution in [0.15, 0.2) is 18.2 Å². The number of carbonyl (C=O) groups excluding carboxylic acids is 3. The van der Waals surface area contributed by atoms with Crippen LogP contribution in [0.1, 0.15) is 81.2 Å². The highest BCUT2D eigenvalue weighted by Gasteiger charge is 2.54. The molecular formula is C27H28O12. The highest BCUT2D eigenvalue weighted by molar-refractivity contribution is 6.31. The van der Waals surface area contributed by atoms with E-state index in [2.05, 4.69) is 0 Å². The molecule has 0 spiro atoms. The van der Waals surface area contributed by atoms with Gasteiger partial charge in [-0.1, -0.05) is 19.1 Å². The summed E-state index contributed by atoms with van der Waals surface area (Å²) in [5.41, 5.74) is -4.24. The standard InChI is InChI=1S/C27H28O12/c1-3-27(36)8-14(39-15-7-12(29)13(30)9-38-15)17-18(21(27)26(35)37-2)25(34)19-20(24(17)33)23(32)16-10(22(19)31)5-4-6-11(16)28/h4-6,12-15,21,28-30,33-34,36H,3,7-9H2,1-2H3. The number of ketones is 2. The molecule has 0 amide bonds. The molecule has 2 aliphatic carbocycles. The number of phenolic OH excluding ortho intramolecular Hbond substituents is 3. The topological polar surface area (TPSA) is 200 Å². The van der Waals surface area contributed by atoms with Crippen LogP contribution in [0.4, 0.5) is 0 Å². The molecule has 3 aliphatic rings. The van der Waals surface area contributed by atoms with E-state index >= 15 is 0 Å². The van der Waals surface area contributed by atoms with Gasteiger partial charge in [-0.3, -0.25) is 14.4 Å². The first-order chi connectivity index (χ1) is 18.4. The Hall–Kier alpha value is -3.55. The molecule has 0 saturated carbocycles. The summed E-state index contributed by atoms with van der Waals surface area (Å²) in [5.74, 6) is -6.47. The SMILES string of the molecule is CCC1(O)CC(OC2CC(O)C(O)CO2)c2c(O)c3c(c(O)c2C1C(=O)OC)C(=O)c1cccc(O)c1C3=O. The lowest BCUT2D eigenvalue weighted by Gasteiger charge is -2.44. The van der Waals surface area contributed by atoms with Crippen molar-refractivity contribution < 1.29 is 59.2 Å². The molecule has 39 heavy (non-hydrogen) atoms.